The third kappa shape index (κ3) is 3.07. The van der Waals surface area contributed by atoms with Gasteiger partial charge in [0.25, 0.3) is 0 Å². The Morgan fingerprint density at radius 3 is 2.74 bits per heavy atom. The van der Waals surface area contributed by atoms with Crippen LogP contribution in [0.15, 0.2) is 18.3 Å². The lowest BCUT2D eigenvalue weighted by atomic mass is 9.99. The number of nitrogens with zero attached hydrogens (tertiary/aromatic N) is 3. The van der Waals surface area contributed by atoms with Crippen molar-refractivity contribution >= 4 is 5.82 Å². The van der Waals surface area contributed by atoms with Crippen LogP contribution >= 0.6 is 0 Å². The number of aromatic nitrogens is 1. The molecule has 19 heavy (non-hydrogen) atoms. The van der Waals surface area contributed by atoms with Gasteiger partial charge < -0.3 is 10.2 Å². The van der Waals surface area contributed by atoms with Gasteiger partial charge in [-0.15, -0.1) is 0 Å². The van der Waals surface area contributed by atoms with E-state index in [4.69, 9.17) is 0 Å². The van der Waals surface area contributed by atoms with E-state index >= 15 is 0 Å². The van der Waals surface area contributed by atoms with Crippen LogP contribution < -0.4 is 10.2 Å². The molecule has 106 valence electrons. The lowest BCUT2D eigenvalue weighted by Crippen LogP contribution is -2.57. The van der Waals surface area contributed by atoms with Crippen molar-refractivity contribution in [2.75, 3.05) is 38.6 Å². The Morgan fingerprint density at radius 2 is 2.11 bits per heavy atom. The zero-order valence-corrected chi connectivity index (χ0v) is 12.8. The largest absolute Gasteiger partial charge is 0.353 e. The maximum Gasteiger partial charge on any atom is 0.128 e. The van der Waals surface area contributed by atoms with Gasteiger partial charge in [-0.05, 0) is 52.6 Å². The molecule has 1 aromatic heterocycles. The van der Waals surface area contributed by atoms with Crippen LogP contribution in [0.5, 0.6) is 0 Å². The second-order valence-corrected chi connectivity index (χ2v) is 6.11. The number of piperazine rings is 1. The van der Waals surface area contributed by atoms with Crippen molar-refractivity contribution in [1.82, 2.24) is 15.2 Å². The summed E-state index contributed by atoms with van der Waals surface area (Å²) in [5.41, 5.74) is 1.49. The second-order valence-electron chi connectivity index (χ2n) is 6.11. The molecule has 4 nitrogen and oxygen atoms in total. The van der Waals surface area contributed by atoms with Gasteiger partial charge in [0.05, 0.1) is 0 Å². The predicted molar refractivity (Wildman–Crippen MR) is 80.6 cm³/mol. The third-order valence-electron chi connectivity index (χ3n) is 4.34. The Balaban J connectivity index is 2.18. The van der Waals surface area contributed by atoms with Gasteiger partial charge in [-0.1, -0.05) is 0 Å². The summed E-state index contributed by atoms with van der Waals surface area (Å²) in [6, 6.07) is 4.66. The summed E-state index contributed by atoms with van der Waals surface area (Å²) < 4.78 is 0. The van der Waals surface area contributed by atoms with Crippen LogP contribution in [0.3, 0.4) is 0 Å². The molecule has 0 bridgehead atoms. The summed E-state index contributed by atoms with van der Waals surface area (Å²) >= 11 is 0. The summed E-state index contributed by atoms with van der Waals surface area (Å²) in [5, 5.41) is 3.28. The van der Waals surface area contributed by atoms with Crippen molar-refractivity contribution < 1.29 is 0 Å². The number of pyridine rings is 1. The molecule has 0 aromatic carbocycles. The molecule has 4 heteroatoms. The lowest BCUT2D eigenvalue weighted by Gasteiger charge is -2.45. The third-order valence-corrected chi connectivity index (χ3v) is 4.34. The van der Waals surface area contributed by atoms with Gasteiger partial charge in [0.1, 0.15) is 5.82 Å². The summed E-state index contributed by atoms with van der Waals surface area (Å²) in [6.07, 6.45) is 1.92. The molecule has 1 aliphatic rings. The molecule has 1 aromatic rings. The van der Waals surface area contributed by atoms with Crippen molar-refractivity contribution in [3.63, 3.8) is 0 Å². The van der Waals surface area contributed by atoms with E-state index in [0.29, 0.717) is 6.04 Å². The van der Waals surface area contributed by atoms with E-state index < -0.39 is 0 Å². The van der Waals surface area contributed by atoms with Crippen molar-refractivity contribution in [3.05, 3.63) is 23.9 Å². The van der Waals surface area contributed by atoms with E-state index in [1.807, 2.05) is 13.2 Å². The molecular formula is C15H26N4. The fourth-order valence-electron chi connectivity index (χ4n) is 2.48. The van der Waals surface area contributed by atoms with Gasteiger partial charge >= 0.3 is 0 Å². The van der Waals surface area contributed by atoms with Crippen LogP contribution in [0.25, 0.3) is 0 Å². The van der Waals surface area contributed by atoms with E-state index in [1.165, 1.54) is 5.56 Å². The number of hydrogen-bond acceptors (Lipinski definition) is 4. The summed E-state index contributed by atoms with van der Waals surface area (Å²) in [5.74, 6) is 1.10. The molecule has 0 amide bonds. The molecule has 1 fully saturated rings. The smallest absolute Gasteiger partial charge is 0.128 e. The molecule has 0 radical (unpaired) electrons. The number of hydrogen-bond donors (Lipinski definition) is 1. The van der Waals surface area contributed by atoms with Gasteiger partial charge in [-0.25, -0.2) is 4.98 Å². The minimum Gasteiger partial charge on any atom is -0.353 e. The molecule has 1 unspecified atom stereocenters. The molecule has 2 rings (SSSR count). The lowest BCUT2D eigenvalue weighted by molar-refractivity contribution is 0.138. The molecule has 0 saturated carbocycles. The maximum atomic E-state index is 4.55. The molecular weight excluding hydrogens is 236 g/mol. The second kappa shape index (κ2) is 5.47. The van der Waals surface area contributed by atoms with Crippen LogP contribution in [0.2, 0.25) is 0 Å². The monoisotopic (exact) mass is 262 g/mol. The first-order valence-electron chi connectivity index (χ1n) is 7.03. The number of nitrogens with one attached hydrogen (secondary N) is 1. The summed E-state index contributed by atoms with van der Waals surface area (Å²) in [7, 11) is 4.19. The van der Waals surface area contributed by atoms with Gasteiger partial charge in [0.15, 0.2) is 0 Å². The Bertz CT molecular complexity index is 430. The van der Waals surface area contributed by atoms with E-state index in [2.05, 4.69) is 60.1 Å². The van der Waals surface area contributed by atoms with Crippen LogP contribution in [0.1, 0.15) is 32.4 Å². The molecule has 2 heterocycles. The average Bonchev–Trinajstić information content (AvgIpc) is 2.41. The van der Waals surface area contributed by atoms with Crippen molar-refractivity contribution in [1.29, 1.82) is 0 Å². The highest BCUT2D eigenvalue weighted by molar-refractivity contribution is 5.43. The van der Waals surface area contributed by atoms with E-state index in [9.17, 15) is 0 Å². The first-order valence-corrected chi connectivity index (χ1v) is 7.03. The van der Waals surface area contributed by atoms with Crippen LogP contribution in [0.4, 0.5) is 5.82 Å². The fourth-order valence-corrected chi connectivity index (χ4v) is 2.48. The Morgan fingerprint density at radius 1 is 1.37 bits per heavy atom. The fraction of sp³-hybridized carbons (Fsp3) is 0.667. The molecule has 1 N–H and O–H groups in total. The minimum absolute atomic E-state index is 0.199. The van der Waals surface area contributed by atoms with Crippen LogP contribution in [-0.2, 0) is 0 Å². The Hall–Kier alpha value is -1.13. The Labute approximate surface area is 116 Å². The highest BCUT2D eigenvalue weighted by Gasteiger charge is 2.31. The van der Waals surface area contributed by atoms with Crippen molar-refractivity contribution in [2.24, 2.45) is 0 Å². The summed E-state index contributed by atoms with van der Waals surface area (Å²) in [6.45, 7) is 9.91. The molecule has 1 saturated heterocycles. The first-order chi connectivity index (χ1) is 8.94. The van der Waals surface area contributed by atoms with Gasteiger partial charge in [0.2, 0.25) is 0 Å². The predicted octanol–water partition coefficient (Wildman–Crippen LogP) is 1.89. The van der Waals surface area contributed by atoms with Crippen molar-refractivity contribution in [2.45, 2.75) is 32.4 Å². The highest BCUT2D eigenvalue weighted by Crippen LogP contribution is 2.24. The molecule has 0 aliphatic carbocycles. The average molecular weight is 262 g/mol. The van der Waals surface area contributed by atoms with Crippen LogP contribution in [0, 0.1) is 0 Å². The SMILES string of the molecule is CNC(C)c1ccnc(N2CCN(C)C(C)(C)C2)c1. The topological polar surface area (TPSA) is 31.4 Å². The minimum atomic E-state index is 0.199. The number of anilines is 1. The van der Waals surface area contributed by atoms with E-state index in [0.717, 1.165) is 25.5 Å². The van der Waals surface area contributed by atoms with Gasteiger partial charge in [0, 0.05) is 37.4 Å². The van der Waals surface area contributed by atoms with E-state index in [-0.39, 0.29) is 5.54 Å². The zero-order chi connectivity index (χ0) is 14.0. The molecule has 1 atom stereocenters. The molecule has 1 aliphatic heterocycles. The highest BCUT2D eigenvalue weighted by atomic mass is 15.3. The van der Waals surface area contributed by atoms with Crippen molar-refractivity contribution in [3.8, 4) is 0 Å². The zero-order valence-electron chi connectivity index (χ0n) is 12.8. The summed E-state index contributed by atoms with van der Waals surface area (Å²) in [4.78, 5) is 9.36. The van der Waals surface area contributed by atoms with Crippen LogP contribution in [-0.4, -0.2) is 49.2 Å². The normalized spacial score (nSPS) is 21.4. The quantitative estimate of drug-likeness (QED) is 0.901. The first kappa shape index (κ1) is 14.3. The Kier molecular flexibility index (Phi) is 4.11. The standard InChI is InChI=1S/C15H26N4/c1-12(16-4)13-6-7-17-14(10-13)19-9-8-18(5)15(2,3)11-19/h6-7,10,12,16H,8-9,11H2,1-5H3. The van der Waals surface area contributed by atoms with E-state index in [1.54, 1.807) is 0 Å². The number of likely N-dealkylation sites (N-methyl/N-ethyl adjacent to an activating group) is 1. The maximum absolute atomic E-state index is 4.55. The number of rotatable bonds is 3. The van der Waals surface area contributed by atoms with Gasteiger partial charge in [-0.2, -0.15) is 0 Å². The molecule has 0 spiro atoms. The van der Waals surface area contributed by atoms with Gasteiger partial charge in [-0.3, -0.25) is 4.90 Å².